The van der Waals surface area contributed by atoms with E-state index < -0.39 is 0 Å². The monoisotopic (exact) mass is 584 g/mol. The molecule has 0 aliphatic carbocycles. The van der Waals surface area contributed by atoms with Crippen molar-refractivity contribution in [2.45, 2.75) is 123 Å². The van der Waals surface area contributed by atoms with Gasteiger partial charge in [-0.2, -0.15) is 0 Å². The highest BCUT2D eigenvalue weighted by Gasteiger charge is 2.25. The Morgan fingerprint density at radius 2 is 1.12 bits per heavy atom. The second-order valence-electron chi connectivity index (χ2n) is 10.7. The normalized spacial score (nSPS) is 12.6. The Morgan fingerprint density at radius 3 is 1.59 bits per heavy atom. The van der Waals surface area contributed by atoms with Gasteiger partial charge in [0, 0.05) is 6.42 Å². The van der Waals surface area contributed by atoms with Crippen LogP contribution in [-0.4, -0.2) is 56.5 Å². The molecule has 0 rings (SSSR count). The van der Waals surface area contributed by atoms with Crippen LogP contribution in [0, 0.1) is 0 Å². The summed E-state index contributed by atoms with van der Waals surface area (Å²) < 4.78 is 1.79. The van der Waals surface area contributed by atoms with Gasteiger partial charge in [-0.1, -0.05) is 71.8 Å². The number of rotatable bonds is 21. The summed E-state index contributed by atoms with van der Waals surface area (Å²) in [4.78, 5) is 5.78. The first-order valence-corrected chi connectivity index (χ1v) is 13.2. The molecule has 0 fully saturated rings. The zero-order chi connectivity index (χ0) is 22.9. The average molecular weight is 587 g/mol. The van der Waals surface area contributed by atoms with Crippen LogP contribution < -0.4 is 34.0 Å². The number of hydrogen-bond donors (Lipinski definition) is 0. The first kappa shape index (κ1) is 37.0. The van der Waals surface area contributed by atoms with E-state index in [2.05, 4.69) is 48.6 Å². The average Bonchev–Trinajstić information content (AvgIpc) is 2.64. The van der Waals surface area contributed by atoms with Gasteiger partial charge in [0.15, 0.2) is 5.76 Å². The minimum atomic E-state index is 0. The van der Waals surface area contributed by atoms with Gasteiger partial charge in [0.2, 0.25) is 0 Å². The highest BCUT2D eigenvalue weighted by molar-refractivity contribution is 4.70. The molecular weight excluding hydrogens is 528 g/mol. The minimum absolute atomic E-state index is 0. The summed E-state index contributed by atoms with van der Waals surface area (Å²) in [5.41, 5.74) is 0. The third-order valence-corrected chi connectivity index (χ3v) is 6.68. The minimum Gasteiger partial charge on any atom is -1.00 e. The maximum Gasteiger partial charge on any atom is 0.157 e. The summed E-state index contributed by atoms with van der Waals surface area (Å²) in [5.74, 6) is 0.803. The van der Waals surface area contributed by atoms with Crippen LogP contribution in [0.2, 0.25) is 0 Å². The molecule has 0 aromatic heterocycles. The Kier molecular flexibility index (Phi) is 25.3. The van der Waals surface area contributed by atoms with Crippen LogP contribution in [0.15, 0.2) is 12.3 Å². The Bertz CT molecular complexity index is 428. The Morgan fingerprint density at radius 1 is 0.688 bits per heavy atom. The van der Waals surface area contributed by atoms with Crippen LogP contribution in [0.25, 0.3) is 0 Å². The van der Waals surface area contributed by atoms with Gasteiger partial charge >= 0.3 is 0 Å². The molecule has 0 aliphatic heterocycles. The van der Waals surface area contributed by atoms with Crippen LogP contribution in [-0.2, 0) is 4.84 Å². The number of unbranched alkanes of at least 4 members (excludes halogenated alkanes) is 11. The summed E-state index contributed by atoms with van der Waals surface area (Å²) in [7, 11) is 9.16. The topological polar surface area (TPSA) is 9.23 Å². The van der Waals surface area contributed by atoms with Gasteiger partial charge in [-0.15, -0.1) is 4.65 Å². The molecule has 0 aliphatic rings. The summed E-state index contributed by atoms with van der Waals surface area (Å²) in [6.07, 6.45) is 20.8. The standard InChI is InChI=1S/C27H58N2O.2BrH/c1-9-11-12-13-14-15-16-17-18-21-24-28(5,6)27(10-2)23-20-19-22-25-29(7,8)30-26(3)4;;/h27H,3,9-25H2,1-2,4-8H3;2*1H/q+2;;/p-2. The highest BCUT2D eigenvalue weighted by atomic mass is 79.9. The molecule has 3 nitrogen and oxygen atoms in total. The number of nitrogens with zero attached hydrogens (tertiary/aromatic N) is 2. The first-order valence-electron chi connectivity index (χ1n) is 13.2. The molecule has 0 saturated carbocycles. The van der Waals surface area contributed by atoms with Crippen molar-refractivity contribution in [1.29, 1.82) is 0 Å². The molecule has 196 valence electrons. The van der Waals surface area contributed by atoms with Crippen LogP contribution in [0.5, 0.6) is 0 Å². The van der Waals surface area contributed by atoms with Gasteiger partial charge in [0.05, 0.1) is 26.7 Å². The van der Waals surface area contributed by atoms with Crippen molar-refractivity contribution in [1.82, 2.24) is 0 Å². The predicted molar refractivity (Wildman–Crippen MR) is 134 cm³/mol. The van der Waals surface area contributed by atoms with Gasteiger partial charge in [-0.25, -0.2) is 0 Å². The van der Waals surface area contributed by atoms with Crippen molar-refractivity contribution in [2.75, 3.05) is 41.3 Å². The summed E-state index contributed by atoms with van der Waals surface area (Å²) in [5, 5.41) is 0. The van der Waals surface area contributed by atoms with Crippen LogP contribution >= 0.6 is 0 Å². The lowest BCUT2D eigenvalue weighted by Crippen LogP contribution is -3.00. The lowest BCUT2D eigenvalue weighted by atomic mass is 10.0. The lowest BCUT2D eigenvalue weighted by Gasteiger charge is -2.38. The van der Waals surface area contributed by atoms with Crippen molar-refractivity contribution in [3.05, 3.63) is 12.3 Å². The molecule has 5 heteroatoms. The molecule has 0 aromatic rings. The molecule has 0 aromatic carbocycles. The molecule has 0 heterocycles. The van der Waals surface area contributed by atoms with Crippen LogP contribution in [0.3, 0.4) is 0 Å². The van der Waals surface area contributed by atoms with E-state index >= 15 is 0 Å². The fourth-order valence-corrected chi connectivity index (χ4v) is 4.75. The number of quaternary nitrogens is 2. The maximum absolute atomic E-state index is 5.78. The zero-order valence-electron chi connectivity index (χ0n) is 22.9. The summed E-state index contributed by atoms with van der Waals surface area (Å²) in [6, 6.07) is 0.803. The molecule has 1 atom stereocenters. The van der Waals surface area contributed by atoms with Crippen molar-refractivity contribution in [3.8, 4) is 0 Å². The van der Waals surface area contributed by atoms with Crippen LogP contribution in [0.4, 0.5) is 0 Å². The SMILES string of the molecule is C=C(C)O[N+](C)(C)CCCCCC(CC)[N+](C)(C)CCCCCCCCCCCC.[Br-].[Br-]. The fraction of sp³-hybridized carbons (Fsp3) is 0.926. The second kappa shape index (κ2) is 21.9. The molecule has 0 N–H and O–H groups in total. The second-order valence-corrected chi connectivity index (χ2v) is 10.7. The van der Waals surface area contributed by atoms with Crippen LogP contribution in [0.1, 0.15) is 117 Å². The van der Waals surface area contributed by atoms with Gasteiger partial charge in [0.1, 0.15) is 20.6 Å². The van der Waals surface area contributed by atoms with Gasteiger partial charge in [-0.3, -0.25) is 0 Å². The van der Waals surface area contributed by atoms with E-state index in [1.165, 1.54) is 107 Å². The third-order valence-electron chi connectivity index (χ3n) is 6.68. The highest BCUT2D eigenvalue weighted by Crippen LogP contribution is 2.20. The predicted octanol–water partition coefficient (Wildman–Crippen LogP) is 1.87. The summed E-state index contributed by atoms with van der Waals surface area (Å²) >= 11 is 0. The van der Waals surface area contributed by atoms with E-state index in [1.54, 1.807) is 0 Å². The zero-order valence-corrected chi connectivity index (χ0v) is 26.0. The Balaban J connectivity index is -0.00000420. The quantitative estimate of drug-likeness (QED) is 0.0865. The molecule has 0 amide bonds. The number of allylic oxidation sites excluding steroid dienone is 1. The Labute approximate surface area is 224 Å². The van der Waals surface area contributed by atoms with E-state index in [0.717, 1.165) is 18.3 Å². The molecule has 0 radical (unpaired) electrons. The van der Waals surface area contributed by atoms with Gasteiger partial charge in [0.25, 0.3) is 0 Å². The van der Waals surface area contributed by atoms with E-state index in [9.17, 15) is 0 Å². The van der Waals surface area contributed by atoms with Crippen molar-refractivity contribution in [3.63, 3.8) is 0 Å². The number of halogens is 2. The largest absolute Gasteiger partial charge is 1.00 e. The summed E-state index contributed by atoms with van der Waals surface area (Å²) in [6.45, 7) is 12.9. The van der Waals surface area contributed by atoms with E-state index in [1.807, 2.05) is 6.92 Å². The van der Waals surface area contributed by atoms with Gasteiger partial charge in [-0.05, 0) is 45.4 Å². The van der Waals surface area contributed by atoms with E-state index in [4.69, 9.17) is 4.84 Å². The molecule has 1 unspecified atom stereocenters. The molecule has 32 heavy (non-hydrogen) atoms. The fourth-order valence-electron chi connectivity index (χ4n) is 4.75. The molecule has 0 saturated heterocycles. The molecular formula is C27H58Br2N2O. The molecule has 0 bridgehead atoms. The number of hydrogen-bond acceptors (Lipinski definition) is 1. The lowest BCUT2D eigenvalue weighted by molar-refractivity contribution is -1.07. The maximum atomic E-state index is 5.78. The number of hydroxylamine groups is 3. The van der Waals surface area contributed by atoms with E-state index in [0.29, 0.717) is 4.65 Å². The van der Waals surface area contributed by atoms with Crippen molar-refractivity contribution < 1.29 is 47.9 Å². The van der Waals surface area contributed by atoms with Crippen molar-refractivity contribution in [2.24, 2.45) is 0 Å². The molecule has 0 spiro atoms. The first-order chi connectivity index (χ1) is 14.1. The third kappa shape index (κ3) is 21.0. The van der Waals surface area contributed by atoms with E-state index in [-0.39, 0.29) is 34.0 Å². The van der Waals surface area contributed by atoms with Crippen molar-refractivity contribution >= 4 is 0 Å². The smallest absolute Gasteiger partial charge is 0.157 e. The Hall–Kier alpha value is 0.420. The van der Waals surface area contributed by atoms with Gasteiger partial charge < -0.3 is 43.3 Å².